The van der Waals surface area contributed by atoms with Gasteiger partial charge in [0.1, 0.15) is 0 Å². The zero-order valence-electron chi connectivity index (χ0n) is 13.2. The molecule has 3 heteroatoms. The molecule has 1 aromatic carbocycles. The fraction of sp³-hybridized carbons (Fsp3) is 0.667. The van der Waals surface area contributed by atoms with Crippen molar-refractivity contribution >= 4 is 5.69 Å². The number of para-hydroxylation sites is 1. The number of likely N-dealkylation sites (tertiary alicyclic amines) is 1. The summed E-state index contributed by atoms with van der Waals surface area (Å²) in [6, 6.07) is 8.65. The lowest BCUT2D eigenvalue weighted by atomic mass is 9.99. The Kier molecular flexibility index (Phi) is 4.81. The predicted molar refractivity (Wildman–Crippen MR) is 87.8 cm³/mol. The number of nitrogens with zero attached hydrogens (tertiary/aromatic N) is 2. The maximum Gasteiger partial charge on any atom is 0.0841 e. The Morgan fingerprint density at radius 3 is 2.90 bits per heavy atom. The van der Waals surface area contributed by atoms with E-state index >= 15 is 0 Å². The van der Waals surface area contributed by atoms with Crippen molar-refractivity contribution in [1.82, 2.24) is 4.90 Å². The van der Waals surface area contributed by atoms with Crippen LogP contribution < -0.4 is 4.90 Å². The van der Waals surface area contributed by atoms with Crippen LogP contribution in [0.25, 0.3) is 0 Å². The summed E-state index contributed by atoms with van der Waals surface area (Å²) in [4.78, 5) is 4.81. The van der Waals surface area contributed by atoms with Gasteiger partial charge in [0.05, 0.1) is 6.10 Å². The molecule has 1 aromatic rings. The number of β-amino-alcohol motifs (C(OH)–C–C–N with tert-alkyl or cyclic N) is 1. The fourth-order valence-corrected chi connectivity index (χ4v) is 3.86. The molecule has 1 N–H and O–H groups in total. The van der Waals surface area contributed by atoms with Gasteiger partial charge in [-0.3, -0.25) is 0 Å². The Labute approximate surface area is 128 Å². The molecule has 0 saturated carbocycles. The van der Waals surface area contributed by atoms with Crippen molar-refractivity contribution in [2.45, 2.75) is 38.7 Å². The van der Waals surface area contributed by atoms with Crippen molar-refractivity contribution in [2.24, 2.45) is 5.92 Å². The van der Waals surface area contributed by atoms with E-state index in [0.29, 0.717) is 0 Å². The van der Waals surface area contributed by atoms with Crippen LogP contribution in [0.4, 0.5) is 5.69 Å². The van der Waals surface area contributed by atoms with Gasteiger partial charge in [-0.2, -0.15) is 0 Å². The summed E-state index contributed by atoms with van der Waals surface area (Å²) >= 11 is 0. The molecule has 1 fully saturated rings. The van der Waals surface area contributed by atoms with E-state index in [0.717, 1.165) is 38.6 Å². The molecular weight excluding hydrogens is 260 g/mol. The molecule has 0 spiro atoms. The molecule has 2 atom stereocenters. The van der Waals surface area contributed by atoms with Crippen molar-refractivity contribution in [3.05, 3.63) is 29.8 Å². The first-order chi connectivity index (χ1) is 10.2. The molecule has 0 aliphatic carbocycles. The van der Waals surface area contributed by atoms with E-state index in [1.807, 2.05) is 0 Å². The number of benzene rings is 1. The minimum absolute atomic E-state index is 0.249. The van der Waals surface area contributed by atoms with Crippen molar-refractivity contribution in [3.63, 3.8) is 0 Å². The Hall–Kier alpha value is -1.06. The smallest absolute Gasteiger partial charge is 0.0841 e. The van der Waals surface area contributed by atoms with Crippen LogP contribution >= 0.6 is 0 Å². The van der Waals surface area contributed by atoms with E-state index in [-0.39, 0.29) is 6.10 Å². The summed E-state index contributed by atoms with van der Waals surface area (Å²) in [6.45, 7) is 7.28. The number of hydrogen-bond donors (Lipinski definition) is 1. The average molecular weight is 288 g/mol. The van der Waals surface area contributed by atoms with E-state index in [4.69, 9.17) is 0 Å². The minimum atomic E-state index is -0.249. The van der Waals surface area contributed by atoms with E-state index in [1.165, 1.54) is 36.9 Å². The van der Waals surface area contributed by atoms with Gasteiger partial charge in [0.15, 0.2) is 0 Å². The molecule has 0 radical (unpaired) electrons. The molecule has 0 unspecified atom stereocenters. The van der Waals surface area contributed by atoms with Crippen molar-refractivity contribution in [3.8, 4) is 0 Å². The number of rotatable bonds is 4. The molecule has 0 amide bonds. The van der Waals surface area contributed by atoms with Gasteiger partial charge in [-0.1, -0.05) is 25.1 Å². The molecule has 3 rings (SSSR count). The number of aliphatic hydroxyl groups excluding tert-OH is 1. The van der Waals surface area contributed by atoms with E-state index in [9.17, 15) is 5.11 Å². The molecular formula is C18H28N2O. The number of hydrogen-bond acceptors (Lipinski definition) is 3. The topological polar surface area (TPSA) is 26.7 Å². The predicted octanol–water partition coefficient (Wildman–Crippen LogP) is 2.53. The molecule has 1 saturated heterocycles. The summed E-state index contributed by atoms with van der Waals surface area (Å²) in [6.07, 6.45) is 4.74. The standard InChI is InChI=1S/C18H28N2O/c1-15-6-4-10-19(12-15)13-17(21)14-20-11-5-8-16-7-2-3-9-18(16)20/h2-3,7,9,15,17,21H,4-6,8,10-14H2,1H3/t15-,17-/m0/s1. The number of piperidine rings is 1. The van der Waals surface area contributed by atoms with Gasteiger partial charge in [-0.05, 0) is 49.8 Å². The van der Waals surface area contributed by atoms with Crippen molar-refractivity contribution < 1.29 is 5.11 Å². The second kappa shape index (κ2) is 6.80. The van der Waals surface area contributed by atoms with Crippen LogP contribution in [0.3, 0.4) is 0 Å². The summed E-state index contributed by atoms with van der Waals surface area (Å²) in [7, 11) is 0. The Bertz CT molecular complexity index is 462. The largest absolute Gasteiger partial charge is 0.390 e. The van der Waals surface area contributed by atoms with E-state index in [1.54, 1.807) is 0 Å². The highest BCUT2D eigenvalue weighted by Gasteiger charge is 2.22. The van der Waals surface area contributed by atoms with Gasteiger partial charge >= 0.3 is 0 Å². The molecule has 2 aliphatic rings. The zero-order chi connectivity index (χ0) is 14.7. The molecule has 2 aliphatic heterocycles. The lowest BCUT2D eigenvalue weighted by molar-refractivity contribution is 0.0909. The first-order valence-electron chi connectivity index (χ1n) is 8.45. The van der Waals surface area contributed by atoms with Crippen LogP contribution in [0, 0.1) is 5.92 Å². The van der Waals surface area contributed by atoms with Crippen LogP contribution in [-0.2, 0) is 6.42 Å². The summed E-state index contributed by atoms with van der Waals surface area (Å²) in [5, 5.41) is 10.5. The van der Waals surface area contributed by atoms with Gasteiger partial charge in [0.2, 0.25) is 0 Å². The van der Waals surface area contributed by atoms with Crippen LogP contribution in [0.1, 0.15) is 31.7 Å². The molecule has 3 nitrogen and oxygen atoms in total. The minimum Gasteiger partial charge on any atom is -0.390 e. The summed E-state index contributed by atoms with van der Waals surface area (Å²) in [5.41, 5.74) is 2.76. The zero-order valence-corrected chi connectivity index (χ0v) is 13.2. The quantitative estimate of drug-likeness (QED) is 0.922. The van der Waals surface area contributed by atoms with Gasteiger partial charge in [-0.25, -0.2) is 0 Å². The highest BCUT2D eigenvalue weighted by atomic mass is 16.3. The van der Waals surface area contributed by atoms with Gasteiger partial charge in [-0.15, -0.1) is 0 Å². The highest BCUT2D eigenvalue weighted by Crippen LogP contribution is 2.26. The van der Waals surface area contributed by atoms with Crippen molar-refractivity contribution in [2.75, 3.05) is 37.6 Å². The number of aliphatic hydroxyl groups is 1. The second-order valence-corrected chi connectivity index (χ2v) is 6.84. The first-order valence-corrected chi connectivity index (χ1v) is 8.45. The Balaban J connectivity index is 1.57. The monoisotopic (exact) mass is 288 g/mol. The maximum absolute atomic E-state index is 10.5. The maximum atomic E-state index is 10.5. The van der Waals surface area contributed by atoms with E-state index < -0.39 is 0 Å². The first kappa shape index (κ1) is 14.9. The average Bonchev–Trinajstić information content (AvgIpc) is 2.47. The van der Waals surface area contributed by atoms with Gasteiger partial charge in [0, 0.05) is 31.9 Å². The molecule has 0 aromatic heterocycles. The highest BCUT2D eigenvalue weighted by molar-refractivity contribution is 5.55. The van der Waals surface area contributed by atoms with Crippen LogP contribution in [-0.4, -0.2) is 48.8 Å². The summed E-state index contributed by atoms with van der Waals surface area (Å²) < 4.78 is 0. The van der Waals surface area contributed by atoms with Crippen molar-refractivity contribution in [1.29, 1.82) is 0 Å². The lowest BCUT2D eigenvalue weighted by Gasteiger charge is -2.36. The number of fused-ring (bicyclic) bond motifs is 1. The molecule has 21 heavy (non-hydrogen) atoms. The van der Waals surface area contributed by atoms with Crippen LogP contribution in [0.5, 0.6) is 0 Å². The molecule has 2 heterocycles. The van der Waals surface area contributed by atoms with Gasteiger partial charge in [0.25, 0.3) is 0 Å². The number of anilines is 1. The van der Waals surface area contributed by atoms with Crippen LogP contribution in [0.15, 0.2) is 24.3 Å². The SMILES string of the molecule is C[C@H]1CCCN(C[C@H](O)CN2CCCc3ccccc32)C1. The molecule has 116 valence electrons. The third-order valence-corrected chi connectivity index (χ3v) is 4.85. The Morgan fingerprint density at radius 2 is 2.05 bits per heavy atom. The summed E-state index contributed by atoms with van der Waals surface area (Å²) in [5.74, 6) is 0.779. The lowest BCUT2D eigenvalue weighted by Crippen LogP contribution is -2.44. The third kappa shape index (κ3) is 3.78. The number of aryl methyl sites for hydroxylation is 1. The third-order valence-electron chi connectivity index (χ3n) is 4.85. The Morgan fingerprint density at radius 1 is 1.19 bits per heavy atom. The fourth-order valence-electron chi connectivity index (χ4n) is 3.86. The second-order valence-electron chi connectivity index (χ2n) is 6.84. The van der Waals surface area contributed by atoms with Crippen LogP contribution in [0.2, 0.25) is 0 Å². The van der Waals surface area contributed by atoms with E-state index in [2.05, 4.69) is 41.0 Å². The molecule has 0 bridgehead atoms. The van der Waals surface area contributed by atoms with Gasteiger partial charge < -0.3 is 14.9 Å². The normalized spacial score (nSPS) is 24.7.